The van der Waals surface area contributed by atoms with Gasteiger partial charge in [-0.05, 0) is 54.3 Å². The zero-order valence-corrected chi connectivity index (χ0v) is 26.1. The zero-order chi connectivity index (χ0) is 31.4. The minimum Gasteiger partial charge on any atom is -0.493 e. The molecular weight excluding hydrogens is 576 g/mol. The van der Waals surface area contributed by atoms with Gasteiger partial charge in [0.1, 0.15) is 0 Å². The number of carbonyl (C=O) groups excluding carboxylic acids is 2. The zero-order valence-electron chi connectivity index (χ0n) is 25.3. The molecule has 1 atom stereocenters. The van der Waals surface area contributed by atoms with Gasteiger partial charge in [0.05, 0.1) is 56.9 Å². The first-order chi connectivity index (χ1) is 20.5. The molecule has 3 aromatic rings. The Kier molecular flexibility index (Phi) is 9.59. The van der Waals surface area contributed by atoms with Gasteiger partial charge in [-0.2, -0.15) is 0 Å². The van der Waals surface area contributed by atoms with Gasteiger partial charge in [0.2, 0.25) is 5.75 Å². The van der Waals surface area contributed by atoms with Crippen LogP contribution in [-0.2, 0) is 14.3 Å². The second-order valence-corrected chi connectivity index (χ2v) is 11.0. The van der Waals surface area contributed by atoms with Crippen molar-refractivity contribution in [3.8, 4) is 28.7 Å². The van der Waals surface area contributed by atoms with Gasteiger partial charge in [-0.15, -0.1) is 0 Å². The van der Waals surface area contributed by atoms with Gasteiger partial charge >= 0.3 is 11.9 Å². The fraction of sp³-hybridized carbons (Fsp3) is 0.355. The fourth-order valence-electron chi connectivity index (χ4n) is 4.65. The lowest BCUT2D eigenvalue weighted by atomic mass is 9.95. The second kappa shape index (κ2) is 13.2. The molecule has 2 aromatic carbocycles. The minimum absolute atomic E-state index is 0.103. The van der Waals surface area contributed by atoms with Gasteiger partial charge in [0, 0.05) is 6.92 Å². The predicted octanol–water partition coefficient (Wildman–Crippen LogP) is 3.39. The van der Waals surface area contributed by atoms with E-state index in [1.807, 2.05) is 13.8 Å². The number of methoxy groups -OCH3 is 4. The number of ether oxygens (including phenoxy) is 6. The Hall–Kier alpha value is -4.58. The average molecular weight is 611 g/mol. The van der Waals surface area contributed by atoms with E-state index in [0.29, 0.717) is 43.4 Å². The number of hydrogen-bond donors (Lipinski definition) is 0. The van der Waals surface area contributed by atoms with Crippen LogP contribution < -0.4 is 38.6 Å². The van der Waals surface area contributed by atoms with Crippen molar-refractivity contribution < 1.29 is 38.0 Å². The van der Waals surface area contributed by atoms with Gasteiger partial charge in [-0.25, -0.2) is 9.79 Å². The number of nitrogens with zero attached hydrogens (tertiary/aromatic N) is 2. The molecule has 0 saturated heterocycles. The number of carbonyl (C=O) groups is 2. The number of hydrogen-bond acceptors (Lipinski definition) is 11. The molecule has 0 amide bonds. The molecule has 1 aliphatic rings. The van der Waals surface area contributed by atoms with Crippen LogP contribution in [0, 0.1) is 5.92 Å². The number of allylic oxidation sites excluding steroid dienone is 1. The summed E-state index contributed by atoms with van der Waals surface area (Å²) in [4.78, 5) is 44.2. The van der Waals surface area contributed by atoms with Crippen LogP contribution in [0.4, 0.5) is 0 Å². The maximum absolute atomic E-state index is 14.1. The summed E-state index contributed by atoms with van der Waals surface area (Å²) >= 11 is 1.18. The van der Waals surface area contributed by atoms with Crippen LogP contribution in [-0.4, -0.2) is 51.6 Å². The van der Waals surface area contributed by atoms with Crippen molar-refractivity contribution in [1.29, 1.82) is 0 Å². The largest absolute Gasteiger partial charge is 0.493 e. The van der Waals surface area contributed by atoms with Gasteiger partial charge < -0.3 is 28.4 Å². The normalized spacial score (nSPS) is 14.6. The summed E-state index contributed by atoms with van der Waals surface area (Å²) in [6.45, 7) is 7.06. The molecule has 0 spiro atoms. The highest BCUT2D eigenvalue weighted by Crippen LogP contribution is 2.39. The molecule has 2 heterocycles. The molecule has 0 saturated carbocycles. The number of aromatic nitrogens is 1. The summed E-state index contributed by atoms with van der Waals surface area (Å²) in [5.41, 5.74) is 1.44. The van der Waals surface area contributed by atoms with Gasteiger partial charge in [0.25, 0.3) is 5.56 Å². The Bertz CT molecular complexity index is 1740. The molecule has 12 heteroatoms. The summed E-state index contributed by atoms with van der Waals surface area (Å²) in [5.74, 6) is 0.770. The SMILES string of the molecule is COc1cc(C2C(C(=O)OCC(C)C)=C(C)N=c3s/c(=C\c4cc(OC)c(OC)c(OC)c4)c(=O)n32)ccc1OC(C)=O. The molecular formula is C31H34N2O9S. The topological polar surface area (TPSA) is 124 Å². The number of thiazole rings is 1. The van der Waals surface area contributed by atoms with Crippen LogP contribution >= 0.6 is 11.3 Å². The van der Waals surface area contributed by atoms with Gasteiger partial charge in [0.15, 0.2) is 27.8 Å². The minimum atomic E-state index is -0.890. The summed E-state index contributed by atoms with van der Waals surface area (Å²) in [6.07, 6.45) is 1.70. The van der Waals surface area contributed by atoms with Crippen molar-refractivity contribution in [2.24, 2.45) is 10.9 Å². The number of rotatable bonds is 10. The molecule has 1 aliphatic heterocycles. The van der Waals surface area contributed by atoms with Gasteiger partial charge in [-0.1, -0.05) is 31.3 Å². The molecule has 0 aliphatic carbocycles. The molecule has 11 nitrogen and oxygen atoms in total. The number of fused-ring (bicyclic) bond motifs is 1. The summed E-state index contributed by atoms with van der Waals surface area (Å²) in [5, 5.41) is 0. The summed E-state index contributed by atoms with van der Waals surface area (Å²) in [6, 6.07) is 7.45. The Balaban J connectivity index is 1.94. The Morgan fingerprint density at radius 2 is 1.63 bits per heavy atom. The molecule has 228 valence electrons. The van der Waals surface area contributed by atoms with Crippen LogP contribution in [0.2, 0.25) is 0 Å². The Labute approximate surface area is 252 Å². The lowest BCUT2D eigenvalue weighted by Gasteiger charge is -2.25. The molecule has 1 unspecified atom stereocenters. The highest BCUT2D eigenvalue weighted by Gasteiger charge is 2.34. The molecule has 4 rings (SSSR count). The maximum atomic E-state index is 14.1. The van der Waals surface area contributed by atoms with E-state index in [-0.39, 0.29) is 35.2 Å². The molecule has 1 aromatic heterocycles. The Morgan fingerprint density at radius 3 is 2.19 bits per heavy atom. The van der Waals surface area contributed by atoms with Crippen LogP contribution in [0.25, 0.3) is 6.08 Å². The number of benzene rings is 2. The first-order valence-electron chi connectivity index (χ1n) is 13.4. The van der Waals surface area contributed by atoms with Crippen molar-refractivity contribution in [1.82, 2.24) is 4.57 Å². The fourth-order valence-corrected chi connectivity index (χ4v) is 5.69. The highest BCUT2D eigenvalue weighted by molar-refractivity contribution is 7.07. The van der Waals surface area contributed by atoms with Crippen LogP contribution in [0.5, 0.6) is 28.7 Å². The van der Waals surface area contributed by atoms with Crippen molar-refractivity contribution in [2.75, 3.05) is 35.0 Å². The third kappa shape index (κ3) is 6.43. The standard InChI is InChI=1S/C31H34N2O9S/c1-16(2)15-41-30(36)26-17(3)32-31-33(27(26)20-9-10-21(42-18(4)34)22(14-20)37-5)29(35)25(43-31)13-19-11-23(38-6)28(40-8)24(12-19)39-7/h9-14,16,27H,15H2,1-8H3/b25-13-. The predicted molar refractivity (Wildman–Crippen MR) is 160 cm³/mol. The summed E-state index contributed by atoms with van der Waals surface area (Å²) in [7, 11) is 5.98. The van der Waals surface area contributed by atoms with Crippen molar-refractivity contribution in [2.45, 2.75) is 33.7 Å². The highest BCUT2D eigenvalue weighted by atomic mass is 32.1. The molecule has 0 bridgehead atoms. The van der Waals surface area contributed by atoms with E-state index >= 15 is 0 Å². The second-order valence-electron chi connectivity index (χ2n) is 10.0. The van der Waals surface area contributed by atoms with Crippen molar-refractivity contribution >= 4 is 29.4 Å². The van der Waals surface area contributed by atoms with Crippen molar-refractivity contribution in [3.05, 3.63) is 72.4 Å². The average Bonchev–Trinajstić information content (AvgIpc) is 3.28. The van der Waals surface area contributed by atoms with E-state index in [9.17, 15) is 14.4 Å². The van der Waals surface area contributed by atoms with E-state index < -0.39 is 18.0 Å². The smallest absolute Gasteiger partial charge is 0.338 e. The Morgan fingerprint density at radius 1 is 0.977 bits per heavy atom. The molecule has 43 heavy (non-hydrogen) atoms. The first-order valence-corrected chi connectivity index (χ1v) is 14.2. The monoisotopic (exact) mass is 610 g/mol. The number of esters is 2. The maximum Gasteiger partial charge on any atom is 0.338 e. The van der Waals surface area contributed by atoms with Crippen LogP contribution in [0.3, 0.4) is 0 Å². The van der Waals surface area contributed by atoms with E-state index in [2.05, 4.69) is 4.99 Å². The van der Waals surface area contributed by atoms with E-state index in [4.69, 9.17) is 28.4 Å². The summed E-state index contributed by atoms with van der Waals surface area (Å²) < 4.78 is 34.6. The van der Waals surface area contributed by atoms with Gasteiger partial charge in [-0.3, -0.25) is 14.2 Å². The van der Waals surface area contributed by atoms with Crippen LogP contribution in [0.15, 0.2) is 51.4 Å². The lowest BCUT2D eigenvalue weighted by Crippen LogP contribution is -2.40. The first kappa shape index (κ1) is 31.4. The quantitative estimate of drug-likeness (QED) is 0.251. The third-order valence-corrected chi connectivity index (χ3v) is 7.51. The van der Waals surface area contributed by atoms with E-state index in [1.54, 1.807) is 43.3 Å². The van der Waals surface area contributed by atoms with Crippen LogP contribution in [0.1, 0.15) is 44.9 Å². The molecule has 0 fully saturated rings. The van der Waals surface area contributed by atoms with Crippen molar-refractivity contribution in [3.63, 3.8) is 0 Å². The third-order valence-electron chi connectivity index (χ3n) is 6.53. The van der Waals surface area contributed by atoms with E-state index in [1.165, 1.54) is 51.3 Å². The van der Waals surface area contributed by atoms with E-state index in [0.717, 1.165) is 0 Å². The lowest BCUT2D eigenvalue weighted by molar-refractivity contribution is -0.140. The molecule has 0 N–H and O–H groups in total. The molecule has 0 radical (unpaired) electrons.